The fourth-order valence-corrected chi connectivity index (χ4v) is 2.68. The molecule has 0 spiro atoms. The molecule has 4 heteroatoms. The summed E-state index contributed by atoms with van der Waals surface area (Å²) in [6.45, 7) is 7.07. The van der Waals surface area contributed by atoms with E-state index in [-0.39, 0.29) is 0 Å². The van der Waals surface area contributed by atoms with Gasteiger partial charge in [0.25, 0.3) is 0 Å². The van der Waals surface area contributed by atoms with Crippen LogP contribution in [0.1, 0.15) is 33.3 Å². The molecule has 0 unspecified atom stereocenters. The van der Waals surface area contributed by atoms with E-state index in [1.165, 1.54) is 0 Å². The minimum absolute atomic E-state index is 0.344. The number of hydrogen-bond acceptors (Lipinski definition) is 3. The van der Waals surface area contributed by atoms with Crippen LogP contribution in [0.2, 0.25) is 0 Å². The van der Waals surface area contributed by atoms with E-state index in [1.807, 2.05) is 13.8 Å². The zero-order chi connectivity index (χ0) is 14.0. The highest BCUT2D eigenvalue weighted by molar-refractivity contribution is 7.92. The highest BCUT2D eigenvalue weighted by atomic mass is 32.2. The predicted molar refractivity (Wildman–Crippen MR) is 71.9 cm³/mol. The summed E-state index contributed by atoms with van der Waals surface area (Å²) in [6, 6.07) is 9.05. The molecule has 0 aliphatic carbocycles. The monoisotopic (exact) mass is 265 g/mol. The van der Waals surface area contributed by atoms with Crippen LogP contribution in [0.3, 0.4) is 0 Å². The van der Waals surface area contributed by atoms with Gasteiger partial charge >= 0.3 is 0 Å². The Morgan fingerprint density at radius 1 is 1.22 bits per heavy atom. The van der Waals surface area contributed by atoms with Crippen molar-refractivity contribution in [3.63, 3.8) is 0 Å². The van der Waals surface area contributed by atoms with E-state index in [2.05, 4.69) is 6.07 Å². The molecule has 0 fully saturated rings. The molecule has 0 heterocycles. The van der Waals surface area contributed by atoms with Crippen LogP contribution >= 0.6 is 0 Å². The van der Waals surface area contributed by atoms with Crippen LogP contribution in [0.25, 0.3) is 0 Å². The first-order valence-corrected chi connectivity index (χ1v) is 7.48. The van der Waals surface area contributed by atoms with E-state index < -0.39 is 20.5 Å². The predicted octanol–water partition coefficient (Wildman–Crippen LogP) is 2.96. The van der Waals surface area contributed by atoms with E-state index in [0.29, 0.717) is 11.3 Å². The van der Waals surface area contributed by atoms with Gasteiger partial charge in [-0.2, -0.15) is 5.26 Å². The normalized spacial score (nSPS) is 12.4. The van der Waals surface area contributed by atoms with Gasteiger partial charge in [0.2, 0.25) is 0 Å². The minimum Gasteiger partial charge on any atom is -0.223 e. The standard InChI is InChI=1S/C14H19NO2S/c1-11(2)18(16,17)13-7-5-12(6-8-13)9-14(3,4)10-15/h5-8,11H,9H2,1-4H3. The summed E-state index contributed by atoms with van der Waals surface area (Å²) in [5.41, 5.74) is 0.544. The first kappa shape index (κ1) is 14.7. The van der Waals surface area contributed by atoms with Crippen LogP contribution in [0.15, 0.2) is 29.2 Å². The van der Waals surface area contributed by atoms with E-state index in [4.69, 9.17) is 5.26 Å². The Morgan fingerprint density at radius 3 is 2.11 bits per heavy atom. The summed E-state index contributed by atoms with van der Waals surface area (Å²) in [7, 11) is -3.21. The molecule has 0 N–H and O–H groups in total. The van der Waals surface area contributed by atoms with Crippen molar-refractivity contribution in [2.24, 2.45) is 5.41 Å². The summed E-state index contributed by atoms with van der Waals surface area (Å²) in [6.07, 6.45) is 0.617. The largest absolute Gasteiger partial charge is 0.223 e. The Bertz CT molecular complexity index is 548. The van der Waals surface area contributed by atoms with Crippen molar-refractivity contribution >= 4 is 9.84 Å². The van der Waals surface area contributed by atoms with Gasteiger partial charge in [0.05, 0.1) is 21.6 Å². The van der Waals surface area contributed by atoms with Crippen molar-refractivity contribution < 1.29 is 8.42 Å². The summed E-state index contributed by atoms with van der Waals surface area (Å²) < 4.78 is 23.9. The lowest BCUT2D eigenvalue weighted by Crippen LogP contribution is -2.14. The highest BCUT2D eigenvalue weighted by Gasteiger charge is 2.20. The second-order valence-electron chi connectivity index (χ2n) is 5.41. The maximum absolute atomic E-state index is 11.9. The Hall–Kier alpha value is -1.34. The SMILES string of the molecule is CC(C)S(=O)(=O)c1ccc(CC(C)(C)C#N)cc1. The summed E-state index contributed by atoms with van der Waals surface area (Å²) in [5, 5.41) is 8.55. The maximum Gasteiger partial charge on any atom is 0.180 e. The third kappa shape index (κ3) is 3.33. The lowest BCUT2D eigenvalue weighted by atomic mass is 9.87. The van der Waals surface area contributed by atoms with Gasteiger partial charge in [0.15, 0.2) is 9.84 Å². The Morgan fingerprint density at radius 2 is 1.72 bits per heavy atom. The topological polar surface area (TPSA) is 57.9 Å². The van der Waals surface area contributed by atoms with Gasteiger partial charge in [-0.15, -0.1) is 0 Å². The van der Waals surface area contributed by atoms with Gasteiger partial charge in [0, 0.05) is 0 Å². The Balaban J connectivity index is 2.99. The third-order valence-electron chi connectivity index (χ3n) is 2.82. The highest BCUT2D eigenvalue weighted by Crippen LogP contribution is 2.22. The van der Waals surface area contributed by atoms with Gasteiger partial charge < -0.3 is 0 Å². The molecule has 0 aliphatic rings. The van der Waals surface area contributed by atoms with Crippen molar-refractivity contribution in [1.29, 1.82) is 5.26 Å². The molecule has 0 saturated carbocycles. The summed E-state index contributed by atoms with van der Waals surface area (Å²) in [4.78, 5) is 0.344. The maximum atomic E-state index is 11.9. The number of sulfone groups is 1. The molecule has 0 saturated heterocycles. The van der Waals surface area contributed by atoms with Crippen molar-refractivity contribution in [2.75, 3.05) is 0 Å². The van der Waals surface area contributed by atoms with Crippen LogP contribution in [0.4, 0.5) is 0 Å². The van der Waals surface area contributed by atoms with Crippen molar-refractivity contribution in [1.82, 2.24) is 0 Å². The summed E-state index contributed by atoms with van der Waals surface area (Å²) >= 11 is 0. The van der Waals surface area contributed by atoms with Crippen LogP contribution in [0, 0.1) is 16.7 Å². The molecule has 1 rings (SSSR count). The second-order valence-corrected chi connectivity index (χ2v) is 7.91. The molecular weight excluding hydrogens is 246 g/mol. The van der Waals surface area contributed by atoms with E-state index in [0.717, 1.165) is 5.56 Å². The lowest BCUT2D eigenvalue weighted by Gasteiger charge is -2.15. The molecule has 0 aromatic heterocycles. The minimum atomic E-state index is -3.21. The average molecular weight is 265 g/mol. The fourth-order valence-electron chi connectivity index (χ4n) is 1.62. The van der Waals surface area contributed by atoms with Crippen molar-refractivity contribution in [3.8, 4) is 6.07 Å². The number of hydrogen-bond donors (Lipinski definition) is 0. The average Bonchev–Trinajstić information content (AvgIpc) is 2.29. The Kier molecular flexibility index (Phi) is 4.18. The van der Waals surface area contributed by atoms with Gasteiger partial charge in [-0.3, -0.25) is 0 Å². The molecule has 0 atom stereocenters. The van der Waals surface area contributed by atoms with E-state index in [1.54, 1.807) is 38.1 Å². The van der Waals surface area contributed by atoms with Gasteiger partial charge in [0.1, 0.15) is 0 Å². The van der Waals surface area contributed by atoms with Crippen LogP contribution < -0.4 is 0 Å². The molecule has 18 heavy (non-hydrogen) atoms. The Labute approximate surface area is 109 Å². The summed E-state index contributed by atoms with van der Waals surface area (Å²) in [5.74, 6) is 0. The number of nitrogens with zero attached hydrogens (tertiary/aromatic N) is 1. The molecule has 0 aliphatic heterocycles. The van der Waals surface area contributed by atoms with Gasteiger partial charge in [-0.1, -0.05) is 12.1 Å². The zero-order valence-electron chi connectivity index (χ0n) is 11.3. The van der Waals surface area contributed by atoms with Crippen molar-refractivity contribution in [2.45, 2.75) is 44.3 Å². The lowest BCUT2D eigenvalue weighted by molar-refractivity contribution is 0.493. The van der Waals surface area contributed by atoms with Gasteiger partial charge in [-0.25, -0.2) is 8.42 Å². The second kappa shape index (κ2) is 5.11. The van der Waals surface area contributed by atoms with Crippen LogP contribution in [-0.2, 0) is 16.3 Å². The van der Waals surface area contributed by atoms with Crippen LogP contribution in [-0.4, -0.2) is 13.7 Å². The molecule has 1 aromatic carbocycles. The molecule has 98 valence electrons. The molecule has 0 amide bonds. The van der Waals surface area contributed by atoms with Gasteiger partial charge in [-0.05, 0) is 51.8 Å². The first-order chi connectivity index (χ1) is 8.19. The smallest absolute Gasteiger partial charge is 0.180 e. The van der Waals surface area contributed by atoms with Crippen molar-refractivity contribution in [3.05, 3.63) is 29.8 Å². The van der Waals surface area contributed by atoms with E-state index >= 15 is 0 Å². The third-order valence-corrected chi connectivity index (χ3v) is 4.99. The van der Waals surface area contributed by atoms with Crippen LogP contribution in [0.5, 0.6) is 0 Å². The van der Waals surface area contributed by atoms with E-state index in [9.17, 15) is 8.42 Å². The molecule has 0 bridgehead atoms. The molecule has 0 radical (unpaired) electrons. The molecule has 3 nitrogen and oxygen atoms in total. The number of benzene rings is 1. The number of rotatable bonds is 4. The zero-order valence-corrected chi connectivity index (χ0v) is 12.1. The molecule has 1 aromatic rings. The first-order valence-electron chi connectivity index (χ1n) is 5.93. The molecular formula is C14H19NO2S. The quantitative estimate of drug-likeness (QED) is 0.841. The fraction of sp³-hybridized carbons (Fsp3) is 0.500. The number of nitriles is 1.